The zero-order valence-electron chi connectivity index (χ0n) is 14.9. The lowest BCUT2D eigenvalue weighted by atomic mass is 10.2. The van der Waals surface area contributed by atoms with Crippen LogP contribution in [-0.2, 0) is 13.6 Å². The summed E-state index contributed by atoms with van der Waals surface area (Å²) < 4.78 is 5.14. The molecule has 134 valence electrons. The summed E-state index contributed by atoms with van der Waals surface area (Å²) in [5.41, 5.74) is 3.16. The molecule has 8 heteroatoms. The van der Waals surface area contributed by atoms with E-state index in [0.717, 1.165) is 11.4 Å². The van der Waals surface area contributed by atoms with Crippen LogP contribution in [-0.4, -0.2) is 30.0 Å². The van der Waals surface area contributed by atoms with Crippen LogP contribution in [0, 0.1) is 13.8 Å². The number of rotatable bonds is 4. The van der Waals surface area contributed by atoms with Crippen LogP contribution >= 0.6 is 0 Å². The minimum Gasteiger partial charge on any atom is -0.383 e. The highest BCUT2D eigenvalue weighted by molar-refractivity contribution is 5.75. The summed E-state index contributed by atoms with van der Waals surface area (Å²) in [7, 11) is 1.60. The molecule has 0 aliphatic carbocycles. The van der Waals surface area contributed by atoms with Crippen molar-refractivity contribution in [1.82, 2.24) is 23.5 Å². The third-order valence-electron chi connectivity index (χ3n) is 4.71. The Morgan fingerprint density at radius 3 is 2.73 bits per heavy atom. The van der Waals surface area contributed by atoms with E-state index >= 15 is 0 Å². The quantitative estimate of drug-likeness (QED) is 0.581. The molecule has 0 unspecified atom stereocenters. The van der Waals surface area contributed by atoms with Crippen molar-refractivity contribution in [2.24, 2.45) is 7.05 Å². The maximum Gasteiger partial charge on any atom is 0.329 e. The summed E-state index contributed by atoms with van der Waals surface area (Å²) in [4.78, 5) is 30.9. The van der Waals surface area contributed by atoms with Gasteiger partial charge in [-0.05, 0) is 25.5 Å². The third-order valence-corrected chi connectivity index (χ3v) is 4.71. The third kappa shape index (κ3) is 2.42. The second-order valence-electron chi connectivity index (χ2n) is 6.44. The Balaban J connectivity index is 1.73. The van der Waals surface area contributed by atoms with Gasteiger partial charge in [-0.3, -0.25) is 18.7 Å². The molecular formula is C18H20N6O2. The summed E-state index contributed by atoms with van der Waals surface area (Å²) in [6.45, 7) is 5.44. The molecule has 4 aromatic rings. The molecule has 3 aromatic heterocycles. The molecule has 0 amide bonds. The van der Waals surface area contributed by atoms with E-state index < -0.39 is 11.2 Å². The summed E-state index contributed by atoms with van der Waals surface area (Å²) >= 11 is 0. The molecule has 0 aliphatic heterocycles. The van der Waals surface area contributed by atoms with Crippen LogP contribution in [0.15, 0.2) is 40.1 Å². The van der Waals surface area contributed by atoms with Crippen molar-refractivity contribution in [2.45, 2.75) is 20.4 Å². The van der Waals surface area contributed by atoms with E-state index in [2.05, 4.69) is 28.3 Å². The van der Waals surface area contributed by atoms with Crippen LogP contribution < -0.4 is 16.6 Å². The zero-order chi connectivity index (χ0) is 18.4. The first kappa shape index (κ1) is 16.2. The average molecular weight is 352 g/mol. The smallest absolute Gasteiger partial charge is 0.329 e. The number of aryl methyl sites for hydroxylation is 3. The van der Waals surface area contributed by atoms with E-state index in [0.29, 0.717) is 30.0 Å². The number of nitrogens with one attached hydrogen (secondary N) is 2. The lowest BCUT2D eigenvalue weighted by Gasteiger charge is -2.10. The highest BCUT2D eigenvalue weighted by Gasteiger charge is 2.17. The fourth-order valence-electron chi connectivity index (χ4n) is 3.27. The summed E-state index contributed by atoms with van der Waals surface area (Å²) in [5, 5.41) is 3.43. The lowest BCUT2D eigenvalue weighted by molar-refractivity contribution is 0.724. The van der Waals surface area contributed by atoms with Gasteiger partial charge in [0.1, 0.15) is 0 Å². The molecular weight excluding hydrogens is 332 g/mol. The van der Waals surface area contributed by atoms with Crippen molar-refractivity contribution in [2.75, 3.05) is 11.9 Å². The number of para-hydroxylation sites is 1. The van der Waals surface area contributed by atoms with Crippen LogP contribution in [0.2, 0.25) is 0 Å². The van der Waals surface area contributed by atoms with E-state index in [1.807, 2.05) is 35.9 Å². The van der Waals surface area contributed by atoms with Crippen LogP contribution in [0.4, 0.5) is 5.69 Å². The van der Waals surface area contributed by atoms with Crippen molar-refractivity contribution in [3.8, 4) is 0 Å². The van der Waals surface area contributed by atoms with Crippen molar-refractivity contribution in [1.29, 1.82) is 0 Å². The van der Waals surface area contributed by atoms with Gasteiger partial charge in [-0.1, -0.05) is 18.2 Å². The van der Waals surface area contributed by atoms with Gasteiger partial charge in [0.2, 0.25) is 5.78 Å². The molecule has 0 aliphatic rings. The summed E-state index contributed by atoms with van der Waals surface area (Å²) in [6.07, 6.45) is 1.87. The molecule has 3 heterocycles. The largest absolute Gasteiger partial charge is 0.383 e. The van der Waals surface area contributed by atoms with E-state index in [1.165, 1.54) is 10.1 Å². The Bertz CT molecular complexity index is 1240. The van der Waals surface area contributed by atoms with Gasteiger partial charge in [0.05, 0.1) is 0 Å². The molecule has 1 aromatic carbocycles. The fraction of sp³-hybridized carbons (Fsp3) is 0.278. The van der Waals surface area contributed by atoms with Gasteiger partial charge >= 0.3 is 5.69 Å². The maximum absolute atomic E-state index is 12.2. The first-order valence-corrected chi connectivity index (χ1v) is 8.44. The van der Waals surface area contributed by atoms with Crippen molar-refractivity contribution >= 4 is 22.6 Å². The Kier molecular flexibility index (Phi) is 3.68. The first-order chi connectivity index (χ1) is 12.5. The second kappa shape index (κ2) is 5.91. The molecule has 8 nitrogen and oxygen atoms in total. The van der Waals surface area contributed by atoms with Crippen LogP contribution in [0.1, 0.15) is 11.3 Å². The molecule has 4 rings (SSSR count). The average Bonchev–Trinajstić information content (AvgIpc) is 3.11. The number of imidazole rings is 2. The molecule has 0 saturated carbocycles. The zero-order valence-corrected chi connectivity index (χ0v) is 14.9. The van der Waals surface area contributed by atoms with Gasteiger partial charge in [0.25, 0.3) is 5.56 Å². The molecule has 0 bridgehead atoms. The van der Waals surface area contributed by atoms with E-state index in [4.69, 9.17) is 0 Å². The van der Waals surface area contributed by atoms with Crippen molar-refractivity contribution in [3.63, 3.8) is 0 Å². The van der Waals surface area contributed by atoms with Crippen molar-refractivity contribution in [3.05, 3.63) is 62.6 Å². The first-order valence-electron chi connectivity index (χ1n) is 8.44. The number of fused-ring (bicyclic) bond motifs is 3. The monoisotopic (exact) mass is 352 g/mol. The molecule has 26 heavy (non-hydrogen) atoms. The Morgan fingerprint density at radius 2 is 1.96 bits per heavy atom. The molecule has 0 fully saturated rings. The summed E-state index contributed by atoms with van der Waals surface area (Å²) in [5.74, 6) is 0.649. The molecule has 2 N–H and O–H groups in total. The molecule has 0 saturated heterocycles. The van der Waals surface area contributed by atoms with Gasteiger partial charge in [0.15, 0.2) is 11.2 Å². The predicted molar refractivity (Wildman–Crippen MR) is 101 cm³/mol. The standard InChI is InChI=1S/C18H20N6O2/c1-11-6-4-5-7-13(11)19-8-9-23-12(2)10-24-14-15(20-17(23)24)22(3)18(26)21-16(14)25/h4-7,10,19H,8-9H2,1-3H3,(H,21,25,26). The fourth-order valence-corrected chi connectivity index (χ4v) is 3.27. The normalized spacial score (nSPS) is 11.5. The number of anilines is 1. The van der Waals surface area contributed by atoms with Crippen molar-refractivity contribution < 1.29 is 0 Å². The van der Waals surface area contributed by atoms with Gasteiger partial charge in [0, 0.05) is 37.7 Å². The summed E-state index contributed by atoms with van der Waals surface area (Å²) in [6, 6.07) is 8.13. The highest BCUT2D eigenvalue weighted by atomic mass is 16.2. The minimum atomic E-state index is -0.465. The van der Waals surface area contributed by atoms with Gasteiger partial charge in [-0.15, -0.1) is 0 Å². The number of hydrogen-bond donors (Lipinski definition) is 2. The van der Waals surface area contributed by atoms with Gasteiger partial charge < -0.3 is 9.88 Å². The number of hydrogen-bond acceptors (Lipinski definition) is 4. The van der Waals surface area contributed by atoms with Gasteiger partial charge in [-0.2, -0.15) is 4.98 Å². The van der Waals surface area contributed by atoms with Crippen LogP contribution in [0.25, 0.3) is 16.9 Å². The number of benzene rings is 1. The lowest BCUT2D eigenvalue weighted by Crippen LogP contribution is -2.28. The molecule has 0 spiro atoms. The molecule has 0 atom stereocenters. The SMILES string of the molecule is Cc1ccccc1NCCn1c(C)cn2c3c(=O)[nH]c(=O)n(C)c3nc12. The van der Waals surface area contributed by atoms with Gasteiger partial charge in [-0.25, -0.2) is 4.79 Å². The highest BCUT2D eigenvalue weighted by Crippen LogP contribution is 2.16. The predicted octanol–water partition coefficient (Wildman–Crippen LogP) is 1.40. The van der Waals surface area contributed by atoms with Crippen LogP contribution in [0.3, 0.4) is 0 Å². The number of aromatic amines is 1. The Labute approximate surface area is 148 Å². The Morgan fingerprint density at radius 1 is 1.19 bits per heavy atom. The maximum atomic E-state index is 12.2. The Hall–Kier alpha value is -3.29. The number of aromatic nitrogens is 5. The number of nitrogens with zero attached hydrogens (tertiary/aromatic N) is 4. The van der Waals surface area contributed by atoms with E-state index in [9.17, 15) is 9.59 Å². The minimum absolute atomic E-state index is 0.384. The topological polar surface area (TPSA) is 89.1 Å². The second-order valence-corrected chi connectivity index (χ2v) is 6.44. The van der Waals surface area contributed by atoms with E-state index in [1.54, 1.807) is 11.4 Å². The van der Waals surface area contributed by atoms with Crippen LogP contribution in [0.5, 0.6) is 0 Å². The van der Waals surface area contributed by atoms with E-state index in [-0.39, 0.29) is 0 Å². The molecule has 0 radical (unpaired) electrons. The number of H-pyrrole nitrogens is 1.